The number of halogens is 3. The Kier molecular flexibility index (Phi) is 6.45. The van der Waals surface area contributed by atoms with Crippen molar-refractivity contribution in [2.45, 2.75) is 5.51 Å². The number of hydrogen-bond acceptors (Lipinski definition) is 6. The molecule has 28 heavy (non-hydrogen) atoms. The normalized spacial score (nSPS) is 12.1. The zero-order valence-corrected chi connectivity index (χ0v) is 15.9. The molecular weight excluding hydrogens is 401 g/mol. The third kappa shape index (κ3) is 4.89. The molecule has 0 aromatic heterocycles. The SMILES string of the molecule is COc1ccc(/C=C/c2cc(OC)c(OS(=O)(=O)C(F)(F)F)c(OC)c2)cc1. The van der Waals surface area contributed by atoms with Gasteiger partial charge < -0.3 is 18.4 Å². The maximum Gasteiger partial charge on any atom is 0.534 e. The van der Waals surface area contributed by atoms with E-state index in [-0.39, 0.29) is 11.5 Å². The second-order valence-electron chi connectivity index (χ2n) is 5.34. The van der Waals surface area contributed by atoms with Crippen molar-refractivity contribution in [3.63, 3.8) is 0 Å². The molecule has 0 heterocycles. The molecule has 2 rings (SSSR count). The van der Waals surface area contributed by atoms with Gasteiger partial charge in [0, 0.05) is 0 Å². The van der Waals surface area contributed by atoms with Gasteiger partial charge in [-0.3, -0.25) is 0 Å². The highest BCUT2D eigenvalue weighted by molar-refractivity contribution is 7.88. The first kappa shape index (κ1) is 21.4. The Morgan fingerprint density at radius 3 is 1.75 bits per heavy atom. The van der Waals surface area contributed by atoms with Crippen molar-refractivity contribution in [3.05, 3.63) is 47.5 Å². The van der Waals surface area contributed by atoms with Crippen molar-refractivity contribution in [1.29, 1.82) is 0 Å². The zero-order valence-electron chi connectivity index (χ0n) is 15.1. The maximum atomic E-state index is 12.6. The highest BCUT2D eigenvalue weighted by Crippen LogP contribution is 2.41. The molecule has 0 saturated heterocycles. The van der Waals surface area contributed by atoms with E-state index < -0.39 is 21.4 Å². The van der Waals surface area contributed by atoms with Gasteiger partial charge >= 0.3 is 15.6 Å². The fraction of sp³-hybridized carbons (Fsp3) is 0.222. The summed E-state index contributed by atoms with van der Waals surface area (Å²) < 4.78 is 79.7. The molecule has 152 valence electrons. The fourth-order valence-corrected chi connectivity index (χ4v) is 2.62. The first-order valence-corrected chi connectivity index (χ1v) is 9.11. The van der Waals surface area contributed by atoms with E-state index in [1.165, 1.54) is 26.4 Å². The van der Waals surface area contributed by atoms with Gasteiger partial charge in [0.1, 0.15) is 5.75 Å². The van der Waals surface area contributed by atoms with Crippen LogP contribution in [0, 0.1) is 0 Å². The molecule has 0 amide bonds. The monoisotopic (exact) mass is 418 g/mol. The predicted molar refractivity (Wildman–Crippen MR) is 97.1 cm³/mol. The van der Waals surface area contributed by atoms with Gasteiger partial charge in [-0.1, -0.05) is 24.3 Å². The highest BCUT2D eigenvalue weighted by Gasteiger charge is 2.49. The smallest absolute Gasteiger partial charge is 0.497 e. The Bertz CT molecular complexity index is 925. The van der Waals surface area contributed by atoms with E-state index in [2.05, 4.69) is 4.18 Å². The number of methoxy groups -OCH3 is 3. The zero-order chi connectivity index (χ0) is 20.9. The van der Waals surface area contributed by atoms with Gasteiger partial charge in [-0.2, -0.15) is 21.6 Å². The number of benzene rings is 2. The molecule has 2 aromatic rings. The van der Waals surface area contributed by atoms with Gasteiger partial charge in [0.25, 0.3) is 0 Å². The fourth-order valence-electron chi connectivity index (χ4n) is 2.14. The summed E-state index contributed by atoms with van der Waals surface area (Å²) >= 11 is 0. The van der Waals surface area contributed by atoms with Crippen molar-refractivity contribution in [1.82, 2.24) is 0 Å². The third-order valence-corrected chi connectivity index (χ3v) is 4.50. The van der Waals surface area contributed by atoms with Crippen LogP contribution in [0.5, 0.6) is 23.0 Å². The van der Waals surface area contributed by atoms with Crippen molar-refractivity contribution in [3.8, 4) is 23.0 Å². The minimum atomic E-state index is -5.88. The van der Waals surface area contributed by atoms with Crippen LogP contribution >= 0.6 is 0 Å². The summed E-state index contributed by atoms with van der Waals surface area (Å²) in [6.45, 7) is 0. The van der Waals surface area contributed by atoms with Gasteiger partial charge in [0.15, 0.2) is 11.5 Å². The second-order valence-corrected chi connectivity index (χ2v) is 6.88. The van der Waals surface area contributed by atoms with E-state index >= 15 is 0 Å². The van der Waals surface area contributed by atoms with Crippen molar-refractivity contribution in [2.75, 3.05) is 21.3 Å². The minimum absolute atomic E-state index is 0.235. The van der Waals surface area contributed by atoms with E-state index in [0.29, 0.717) is 11.3 Å². The van der Waals surface area contributed by atoms with Gasteiger partial charge in [-0.25, -0.2) is 0 Å². The molecular formula is C18H17F3O6S. The Hall–Kier alpha value is -2.88. The number of hydrogen-bond donors (Lipinski definition) is 0. The molecule has 0 saturated carbocycles. The summed E-state index contributed by atoms with van der Waals surface area (Å²) in [5, 5.41) is 0. The molecule has 0 aliphatic heterocycles. The van der Waals surface area contributed by atoms with Crippen LogP contribution in [0.2, 0.25) is 0 Å². The lowest BCUT2D eigenvalue weighted by atomic mass is 10.1. The van der Waals surface area contributed by atoms with Gasteiger partial charge in [-0.05, 0) is 35.4 Å². The molecule has 0 N–H and O–H groups in total. The van der Waals surface area contributed by atoms with E-state index in [1.807, 2.05) is 0 Å². The molecule has 6 nitrogen and oxygen atoms in total. The quantitative estimate of drug-likeness (QED) is 0.383. The molecule has 0 fully saturated rings. The molecule has 0 aliphatic carbocycles. The Balaban J connectivity index is 2.40. The van der Waals surface area contributed by atoms with Crippen LogP contribution in [-0.2, 0) is 10.1 Å². The van der Waals surface area contributed by atoms with Gasteiger partial charge in [-0.15, -0.1) is 0 Å². The molecule has 10 heteroatoms. The molecule has 0 radical (unpaired) electrons. The molecule has 0 atom stereocenters. The summed E-state index contributed by atoms with van der Waals surface area (Å²) in [6, 6.07) is 9.78. The first-order chi connectivity index (χ1) is 13.1. The topological polar surface area (TPSA) is 71.1 Å². The minimum Gasteiger partial charge on any atom is -0.497 e. The van der Waals surface area contributed by atoms with Crippen LogP contribution in [0.25, 0.3) is 12.2 Å². The lowest BCUT2D eigenvalue weighted by Gasteiger charge is -2.16. The van der Waals surface area contributed by atoms with E-state index in [1.54, 1.807) is 43.5 Å². The van der Waals surface area contributed by atoms with Crippen LogP contribution < -0.4 is 18.4 Å². The van der Waals surface area contributed by atoms with Crippen LogP contribution in [0.1, 0.15) is 11.1 Å². The lowest BCUT2D eigenvalue weighted by Crippen LogP contribution is -2.28. The average molecular weight is 418 g/mol. The van der Waals surface area contributed by atoms with E-state index in [9.17, 15) is 21.6 Å². The van der Waals surface area contributed by atoms with E-state index in [4.69, 9.17) is 14.2 Å². The molecule has 0 bridgehead atoms. The van der Waals surface area contributed by atoms with Crippen molar-refractivity contribution >= 4 is 22.3 Å². The van der Waals surface area contributed by atoms with Gasteiger partial charge in [0.2, 0.25) is 5.75 Å². The Morgan fingerprint density at radius 2 is 1.32 bits per heavy atom. The van der Waals surface area contributed by atoms with E-state index in [0.717, 1.165) is 5.56 Å². The molecule has 2 aromatic carbocycles. The van der Waals surface area contributed by atoms with Crippen LogP contribution in [0.15, 0.2) is 36.4 Å². The highest BCUT2D eigenvalue weighted by atomic mass is 32.2. The Labute approximate surface area is 160 Å². The Morgan fingerprint density at radius 1 is 0.821 bits per heavy atom. The first-order valence-electron chi connectivity index (χ1n) is 7.70. The standard InChI is InChI=1S/C18H17F3O6S/c1-24-14-8-6-12(7-9-14)4-5-13-10-15(25-2)17(16(11-13)26-3)27-28(22,23)18(19,20)21/h4-11H,1-3H3/b5-4+. The van der Waals surface area contributed by atoms with Crippen LogP contribution in [-0.4, -0.2) is 35.3 Å². The summed E-state index contributed by atoms with van der Waals surface area (Å²) in [5.74, 6) is -0.472. The predicted octanol–water partition coefficient (Wildman–Crippen LogP) is 4.11. The second kappa shape index (κ2) is 8.42. The average Bonchev–Trinajstić information content (AvgIpc) is 2.66. The summed E-state index contributed by atoms with van der Waals surface area (Å²) in [6.07, 6.45) is 3.38. The number of ether oxygens (including phenoxy) is 3. The third-order valence-electron chi connectivity index (χ3n) is 3.54. The molecule has 0 aliphatic rings. The van der Waals surface area contributed by atoms with Crippen LogP contribution in [0.3, 0.4) is 0 Å². The van der Waals surface area contributed by atoms with Crippen molar-refractivity contribution < 1.29 is 40.0 Å². The number of alkyl halides is 3. The van der Waals surface area contributed by atoms with Crippen molar-refractivity contribution in [2.24, 2.45) is 0 Å². The summed E-state index contributed by atoms with van der Waals surface area (Å²) in [4.78, 5) is 0. The number of rotatable bonds is 7. The summed E-state index contributed by atoms with van der Waals surface area (Å²) in [5.41, 5.74) is -4.27. The summed E-state index contributed by atoms with van der Waals surface area (Å²) in [7, 11) is -2.00. The van der Waals surface area contributed by atoms with Gasteiger partial charge in [0.05, 0.1) is 21.3 Å². The molecule has 0 spiro atoms. The lowest BCUT2D eigenvalue weighted by molar-refractivity contribution is -0.0501. The molecule has 0 unspecified atom stereocenters. The largest absolute Gasteiger partial charge is 0.534 e. The van der Waals surface area contributed by atoms with Crippen LogP contribution in [0.4, 0.5) is 13.2 Å². The maximum absolute atomic E-state index is 12.6.